The summed E-state index contributed by atoms with van der Waals surface area (Å²) in [5.74, 6) is 0.470. The first kappa shape index (κ1) is 30.2. The van der Waals surface area contributed by atoms with Crippen molar-refractivity contribution in [3.63, 3.8) is 0 Å². The number of carbonyl (C=O) groups is 1. The van der Waals surface area contributed by atoms with E-state index in [9.17, 15) is 18.3 Å². The normalized spacial score (nSPS) is 14.2. The van der Waals surface area contributed by atoms with E-state index < -0.39 is 16.1 Å². The Hall–Kier alpha value is -3.80. The Morgan fingerprint density at radius 3 is 2.59 bits per heavy atom. The van der Waals surface area contributed by atoms with Gasteiger partial charge < -0.3 is 25.6 Å². The summed E-state index contributed by atoms with van der Waals surface area (Å²) in [7, 11) is -3.77. The minimum Gasteiger partial charge on any atom is -0.384 e. The molecule has 0 spiro atoms. The van der Waals surface area contributed by atoms with Gasteiger partial charge >= 0.3 is 0 Å². The summed E-state index contributed by atoms with van der Waals surface area (Å²) in [5.41, 5.74) is 7.86. The third kappa shape index (κ3) is 8.59. The number of anilines is 2. The molecule has 0 radical (unpaired) electrons. The lowest BCUT2D eigenvalue weighted by molar-refractivity contribution is -0.661. The second-order valence-electron chi connectivity index (χ2n) is 10.3. The number of hydrogen-bond acceptors (Lipinski definition) is 6. The predicted molar refractivity (Wildman–Crippen MR) is 159 cm³/mol. The number of aliphatic hydroxyl groups is 1. The number of aliphatic hydroxyl groups excluding tert-OH is 1. The molecule has 1 amide bonds. The molecular weight excluding hydrogens is 540 g/mol. The summed E-state index contributed by atoms with van der Waals surface area (Å²) >= 11 is 0. The number of pyridine rings is 1. The number of quaternary nitrogens is 1. The molecule has 0 bridgehead atoms. The molecule has 1 aliphatic heterocycles. The Kier molecular flexibility index (Phi) is 10.4. The van der Waals surface area contributed by atoms with Gasteiger partial charge in [-0.2, -0.15) is 24.3 Å². The zero-order chi connectivity index (χ0) is 29.2. The lowest BCUT2D eigenvalue weighted by atomic mass is 10.1. The SMILES string of the molecule is CCCCCCN1[CH-][N+](=c2cc[c-](S(=O)(=O)Nc3ccc(CC[NH2+]CC(O)c4ccc(N)nc4)cc3)cc2)CC1=O. The maximum Gasteiger partial charge on any atom is 0.277 e. The molecule has 0 saturated carbocycles. The molecule has 11 heteroatoms. The van der Waals surface area contributed by atoms with E-state index in [1.807, 2.05) is 28.7 Å². The van der Waals surface area contributed by atoms with Crippen molar-refractivity contribution in [2.24, 2.45) is 0 Å². The second kappa shape index (κ2) is 14.2. The molecule has 3 aromatic rings. The molecule has 1 fully saturated rings. The minimum absolute atomic E-state index is 0.0505. The van der Waals surface area contributed by atoms with Crippen molar-refractivity contribution >= 4 is 27.4 Å². The van der Waals surface area contributed by atoms with Gasteiger partial charge in [-0.15, -0.1) is 0 Å². The molecular formula is C30H40N6O4S. The van der Waals surface area contributed by atoms with E-state index in [-0.39, 0.29) is 17.3 Å². The number of sulfonamides is 1. The van der Waals surface area contributed by atoms with Crippen LogP contribution in [0.25, 0.3) is 0 Å². The van der Waals surface area contributed by atoms with Gasteiger partial charge in [-0.05, 0) is 40.4 Å². The van der Waals surface area contributed by atoms with Crippen LogP contribution in [0.3, 0.4) is 0 Å². The quantitative estimate of drug-likeness (QED) is 0.129. The highest BCUT2D eigenvalue weighted by atomic mass is 32.2. The van der Waals surface area contributed by atoms with E-state index in [1.54, 1.807) is 59.6 Å². The van der Waals surface area contributed by atoms with Gasteiger partial charge in [-0.3, -0.25) is 9.52 Å². The van der Waals surface area contributed by atoms with E-state index >= 15 is 0 Å². The number of nitrogens with one attached hydrogen (secondary N) is 1. The fourth-order valence-corrected chi connectivity index (χ4v) is 5.68. The summed E-state index contributed by atoms with van der Waals surface area (Å²) in [6, 6.07) is 17.3. The first-order valence-electron chi connectivity index (χ1n) is 14.1. The number of amides is 1. The van der Waals surface area contributed by atoms with E-state index in [0.717, 1.165) is 55.1 Å². The molecule has 1 unspecified atom stereocenters. The Morgan fingerprint density at radius 2 is 1.90 bits per heavy atom. The van der Waals surface area contributed by atoms with Crippen LogP contribution in [0.1, 0.15) is 49.8 Å². The molecule has 2 aromatic carbocycles. The lowest BCUT2D eigenvalue weighted by Gasteiger charge is -2.16. The molecule has 1 aliphatic rings. The smallest absolute Gasteiger partial charge is 0.277 e. The van der Waals surface area contributed by atoms with Gasteiger partial charge in [0.05, 0.1) is 6.54 Å². The maximum atomic E-state index is 13.0. The van der Waals surface area contributed by atoms with Crippen LogP contribution in [0.4, 0.5) is 11.5 Å². The molecule has 0 aliphatic carbocycles. The number of nitrogens with zero attached hydrogens (tertiary/aromatic N) is 3. The molecule has 1 saturated heterocycles. The predicted octanol–water partition coefficient (Wildman–Crippen LogP) is 1.34. The Labute approximate surface area is 242 Å². The number of aromatic nitrogens is 1. The highest BCUT2D eigenvalue weighted by molar-refractivity contribution is 7.92. The van der Waals surface area contributed by atoms with Crippen LogP contribution < -0.4 is 25.7 Å². The van der Waals surface area contributed by atoms with Crippen molar-refractivity contribution in [2.45, 2.75) is 50.0 Å². The number of carbonyl (C=O) groups excluding carboxylic acids is 1. The number of unbranched alkanes of at least 4 members (excludes halogenated alkanes) is 3. The van der Waals surface area contributed by atoms with Crippen molar-refractivity contribution < 1.29 is 23.6 Å². The number of benzene rings is 2. The fraction of sp³-hybridized carbons (Fsp3) is 0.367. The van der Waals surface area contributed by atoms with Gasteiger partial charge in [-0.1, -0.05) is 44.4 Å². The molecule has 220 valence electrons. The standard InChI is InChI=1S/C30H39N6O4S/c1-2-3-4-5-18-35-22-36(21-30(35)38)26-11-13-27(14-12-26)41(39,40)34-25-9-6-23(7-10-25)16-17-32-20-28(37)24-8-15-29(31)33-19-24/h6-15,19,22,28,32,34,37H,2-5,16-18,20-21H2,1H3,(H2,31,33)/q-1/p+1. The largest absolute Gasteiger partial charge is 0.384 e. The van der Waals surface area contributed by atoms with Gasteiger partial charge in [0.1, 0.15) is 25.1 Å². The van der Waals surface area contributed by atoms with Crippen molar-refractivity contribution in [3.8, 4) is 0 Å². The van der Waals surface area contributed by atoms with Crippen LogP contribution in [-0.2, 0) is 21.2 Å². The molecule has 1 aromatic heterocycles. The third-order valence-electron chi connectivity index (χ3n) is 7.06. The summed E-state index contributed by atoms with van der Waals surface area (Å²) in [6.07, 6.45) is 6.11. The van der Waals surface area contributed by atoms with E-state index in [0.29, 0.717) is 24.6 Å². The summed E-state index contributed by atoms with van der Waals surface area (Å²) in [4.78, 5) is 18.3. The molecule has 4 rings (SSSR count). The highest BCUT2D eigenvalue weighted by Gasteiger charge is 2.23. The minimum atomic E-state index is -3.77. The van der Waals surface area contributed by atoms with Gasteiger partial charge in [0.15, 0.2) is 6.54 Å². The maximum absolute atomic E-state index is 13.0. The molecule has 1 atom stereocenters. The monoisotopic (exact) mass is 580 g/mol. The average molecular weight is 581 g/mol. The van der Waals surface area contributed by atoms with Crippen molar-refractivity contribution in [2.75, 3.05) is 36.6 Å². The average Bonchev–Trinajstić information content (AvgIpc) is 3.34. The van der Waals surface area contributed by atoms with Crippen molar-refractivity contribution in [1.29, 1.82) is 0 Å². The van der Waals surface area contributed by atoms with E-state index in [1.165, 1.54) is 0 Å². The fourth-order valence-electron chi connectivity index (χ4n) is 4.62. The first-order valence-corrected chi connectivity index (χ1v) is 15.6. The summed E-state index contributed by atoms with van der Waals surface area (Å²) in [6.45, 7) is 6.20. The number of rotatable bonds is 14. The van der Waals surface area contributed by atoms with E-state index in [2.05, 4.69) is 16.6 Å². The first-order chi connectivity index (χ1) is 19.7. The summed E-state index contributed by atoms with van der Waals surface area (Å²) < 4.78 is 30.4. The van der Waals surface area contributed by atoms with Crippen LogP contribution in [0.15, 0.2) is 71.8 Å². The number of hydrogen-bond donors (Lipinski definition) is 4. The third-order valence-corrected chi connectivity index (χ3v) is 8.46. The van der Waals surface area contributed by atoms with Crippen LogP contribution >= 0.6 is 0 Å². The van der Waals surface area contributed by atoms with Gasteiger partial charge in [0.25, 0.3) is 5.91 Å². The van der Waals surface area contributed by atoms with Crippen LogP contribution in [0.2, 0.25) is 0 Å². The number of nitrogens with two attached hydrogens (primary N) is 2. The Bertz CT molecular complexity index is 1450. The zero-order valence-electron chi connectivity index (χ0n) is 23.4. The van der Waals surface area contributed by atoms with Crippen LogP contribution in [0.5, 0.6) is 0 Å². The van der Waals surface area contributed by atoms with Crippen LogP contribution in [-0.4, -0.2) is 55.5 Å². The van der Waals surface area contributed by atoms with Gasteiger partial charge in [-0.25, -0.2) is 13.4 Å². The van der Waals surface area contributed by atoms with Crippen molar-refractivity contribution in [1.82, 2.24) is 14.5 Å². The Morgan fingerprint density at radius 1 is 1.15 bits per heavy atom. The molecule has 10 nitrogen and oxygen atoms in total. The highest BCUT2D eigenvalue weighted by Crippen LogP contribution is 2.16. The van der Waals surface area contributed by atoms with Gasteiger partial charge in [0.2, 0.25) is 10.0 Å². The van der Waals surface area contributed by atoms with Crippen LogP contribution in [0, 0.1) is 6.67 Å². The number of nitrogen functional groups attached to an aromatic ring is 1. The van der Waals surface area contributed by atoms with E-state index in [4.69, 9.17) is 5.73 Å². The Balaban J connectivity index is 1.27. The lowest BCUT2D eigenvalue weighted by Crippen LogP contribution is -2.85. The molecule has 2 heterocycles. The zero-order valence-corrected chi connectivity index (χ0v) is 24.3. The summed E-state index contributed by atoms with van der Waals surface area (Å²) in [5, 5.41) is 13.1. The topological polar surface area (TPSA) is 145 Å². The van der Waals surface area contributed by atoms with Crippen molar-refractivity contribution in [3.05, 3.63) is 90.0 Å². The second-order valence-corrected chi connectivity index (χ2v) is 12.0. The molecule has 41 heavy (non-hydrogen) atoms. The molecule has 6 N–H and O–H groups in total. The van der Waals surface area contributed by atoms with Gasteiger partial charge in [0, 0.05) is 30.4 Å².